The molecule has 0 N–H and O–H groups in total. The molecule has 1 atom stereocenters. The van der Waals surface area contributed by atoms with Gasteiger partial charge in [0.15, 0.2) is 0 Å². The normalized spacial score (nSPS) is 23.5. The van der Waals surface area contributed by atoms with Gasteiger partial charge in [0.25, 0.3) is 0 Å². The Morgan fingerprint density at radius 3 is 2.70 bits per heavy atom. The van der Waals surface area contributed by atoms with Crippen LogP contribution in [0.2, 0.25) is 0 Å². The maximum atomic E-state index is 5.52. The fourth-order valence-electron chi connectivity index (χ4n) is 3.52. The molecule has 1 aromatic rings. The Bertz CT molecular complexity index is 499. The molecule has 3 rings (SSSR count). The van der Waals surface area contributed by atoms with E-state index in [0.717, 1.165) is 51.8 Å². The summed E-state index contributed by atoms with van der Waals surface area (Å²) in [5, 5.41) is 8.85. The van der Waals surface area contributed by atoms with Crippen molar-refractivity contribution >= 4 is 0 Å². The number of rotatable bonds is 8. The fourth-order valence-corrected chi connectivity index (χ4v) is 3.52. The van der Waals surface area contributed by atoms with Crippen LogP contribution in [0.15, 0.2) is 0 Å². The molecule has 2 heterocycles. The van der Waals surface area contributed by atoms with Crippen molar-refractivity contribution in [3.63, 3.8) is 0 Å². The molecule has 0 aromatic carbocycles. The molecular formula is C17H31N5O. The summed E-state index contributed by atoms with van der Waals surface area (Å²) in [5.41, 5.74) is 0. The van der Waals surface area contributed by atoms with Crippen LogP contribution in [0.5, 0.6) is 0 Å². The number of ether oxygens (including phenoxy) is 1. The summed E-state index contributed by atoms with van der Waals surface area (Å²) in [6.45, 7) is 11.3. The lowest BCUT2D eigenvalue weighted by Gasteiger charge is -2.41. The largest absolute Gasteiger partial charge is 0.380 e. The Morgan fingerprint density at radius 2 is 2.00 bits per heavy atom. The predicted octanol–water partition coefficient (Wildman–Crippen LogP) is 1.63. The van der Waals surface area contributed by atoms with Gasteiger partial charge in [-0.3, -0.25) is 9.80 Å². The summed E-state index contributed by atoms with van der Waals surface area (Å²) < 4.78 is 7.74. The van der Waals surface area contributed by atoms with Crippen molar-refractivity contribution in [2.24, 2.45) is 7.05 Å². The highest BCUT2D eigenvalue weighted by molar-refractivity contribution is 5.07. The zero-order chi connectivity index (χ0) is 16.2. The number of hydrogen-bond donors (Lipinski definition) is 0. The summed E-state index contributed by atoms with van der Waals surface area (Å²) in [4.78, 5) is 5.12. The van der Waals surface area contributed by atoms with E-state index in [1.54, 1.807) is 0 Å². The number of piperazine rings is 1. The molecule has 1 saturated carbocycles. The smallest absolute Gasteiger partial charge is 0.146 e. The van der Waals surface area contributed by atoms with Gasteiger partial charge in [-0.15, -0.1) is 10.2 Å². The van der Waals surface area contributed by atoms with Gasteiger partial charge in [0.1, 0.15) is 11.6 Å². The van der Waals surface area contributed by atoms with Gasteiger partial charge in [-0.1, -0.05) is 6.92 Å². The molecule has 2 aliphatic rings. The third-order valence-electron chi connectivity index (χ3n) is 5.19. The first-order valence-electron chi connectivity index (χ1n) is 9.15. The minimum absolute atomic E-state index is 0.625. The zero-order valence-electron chi connectivity index (χ0n) is 14.9. The number of aromatic nitrogens is 3. The Hall–Kier alpha value is -0.980. The molecule has 2 fully saturated rings. The van der Waals surface area contributed by atoms with Crippen molar-refractivity contribution in [2.45, 2.75) is 51.6 Å². The minimum atomic E-state index is 0.625. The van der Waals surface area contributed by atoms with Gasteiger partial charge < -0.3 is 9.30 Å². The Balaban J connectivity index is 1.53. The lowest BCUT2D eigenvalue weighted by atomic mass is 10.1. The van der Waals surface area contributed by atoms with Gasteiger partial charge in [0, 0.05) is 51.8 Å². The van der Waals surface area contributed by atoms with Crippen LogP contribution in [0, 0.1) is 0 Å². The molecule has 0 bridgehead atoms. The quantitative estimate of drug-likeness (QED) is 0.681. The van der Waals surface area contributed by atoms with E-state index in [-0.39, 0.29) is 0 Å². The molecule has 0 spiro atoms. The second kappa shape index (κ2) is 7.73. The average molecular weight is 321 g/mol. The van der Waals surface area contributed by atoms with E-state index in [2.05, 4.69) is 45.5 Å². The maximum Gasteiger partial charge on any atom is 0.146 e. The van der Waals surface area contributed by atoms with Crippen LogP contribution in [0.3, 0.4) is 0 Å². The highest BCUT2D eigenvalue weighted by Crippen LogP contribution is 2.38. The molecule has 23 heavy (non-hydrogen) atoms. The van der Waals surface area contributed by atoms with Crippen LogP contribution in [0.1, 0.15) is 50.7 Å². The van der Waals surface area contributed by atoms with E-state index in [4.69, 9.17) is 4.74 Å². The summed E-state index contributed by atoms with van der Waals surface area (Å²) in [7, 11) is 2.12. The SMILES string of the molecule is CCOCCN1CCN(Cc2nnc(C3CC3)n2C)CC1CC. The molecule has 1 unspecified atom stereocenters. The molecule has 1 saturated heterocycles. The first-order chi connectivity index (χ1) is 11.2. The lowest BCUT2D eigenvalue weighted by molar-refractivity contribution is 0.0373. The lowest BCUT2D eigenvalue weighted by Crippen LogP contribution is -2.53. The van der Waals surface area contributed by atoms with Gasteiger partial charge >= 0.3 is 0 Å². The number of hydrogen-bond acceptors (Lipinski definition) is 5. The zero-order valence-corrected chi connectivity index (χ0v) is 14.9. The molecule has 130 valence electrons. The highest BCUT2D eigenvalue weighted by Gasteiger charge is 2.30. The van der Waals surface area contributed by atoms with E-state index >= 15 is 0 Å². The molecule has 1 aliphatic carbocycles. The summed E-state index contributed by atoms with van der Waals surface area (Å²) >= 11 is 0. The van der Waals surface area contributed by atoms with Gasteiger partial charge in [0.2, 0.25) is 0 Å². The van der Waals surface area contributed by atoms with E-state index < -0.39 is 0 Å². The van der Waals surface area contributed by atoms with Crippen LogP contribution < -0.4 is 0 Å². The molecule has 1 aliphatic heterocycles. The van der Waals surface area contributed by atoms with E-state index in [0.29, 0.717) is 12.0 Å². The van der Waals surface area contributed by atoms with E-state index in [1.807, 2.05) is 0 Å². The highest BCUT2D eigenvalue weighted by atomic mass is 16.5. The Morgan fingerprint density at radius 1 is 1.17 bits per heavy atom. The molecule has 1 aromatic heterocycles. The molecule has 0 amide bonds. The molecular weight excluding hydrogens is 290 g/mol. The number of nitrogens with zero attached hydrogens (tertiary/aromatic N) is 5. The topological polar surface area (TPSA) is 46.4 Å². The van der Waals surface area contributed by atoms with Crippen molar-refractivity contribution in [3.05, 3.63) is 11.6 Å². The monoisotopic (exact) mass is 321 g/mol. The van der Waals surface area contributed by atoms with Crippen LogP contribution >= 0.6 is 0 Å². The van der Waals surface area contributed by atoms with Crippen LogP contribution in [-0.4, -0.2) is 70.0 Å². The summed E-state index contributed by atoms with van der Waals surface area (Å²) in [6.07, 6.45) is 3.75. The van der Waals surface area contributed by atoms with Crippen molar-refractivity contribution in [1.29, 1.82) is 0 Å². The second-order valence-electron chi connectivity index (χ2n) is 6.84. The van der Waals surface area contributed by atoms with Gasteiger partial charge in [0.05, 0.1) is 13.2 Å². The molecule has 6 nitrogen and oxygen atoms in total. The van der Waals surface area contributed by atoms with Gasteiger partial charge in [-0.05, 0) is 26.2 Å². The standard InChI is InChI=1S/C17H31N5O/c1-4-15-12-21(8-9-22(15)10-11-23-5-2)13-16-18-19-17(20(16)3)14-6-7-14/h14-15H,4-13H2,1-3H3. The molecule has 0 radical (unpaired) electrons. The summed E-state index contributed by atoms with van der Waals surface area (Å²) in [6, 6.07) is 0.625. The Kier molecular flexibility index (Phi) is 5.67. The summed E-state index contributed by atoms with van der Waals surface area (Å²) in [5.74, 6) is 2.96. The van der Waals surface area contributed by atoms with Crippen molar-refractivity contribution in [3.8, 4) is 0 Å². The van der Waals surface area contributed by atoms with Gasteiger partial charge in [-0.2, -0.15) is 0 Å². The van der Waals surface area contributed by atoms with Crippen LogP contribution in [0.4, 0.5) is 0 Å². The minimum Gasteiger partial charge on any atom is -0.380 e. The first-order valence-corrected chi connectivity index (χ1v) is 9.15. The second-order valence-corrected chi connectivity index (χ2v) is 6.84. The van der Waals surface area contributed by atoms with Crippen molar-refractivity contribution < 1.29 is 4.74 Å². The van der Waals surface area contributed by atoms with Gasteiger partial charge in [-0.25, -0.2) is 0 Å². The average Bonchev–Trinajstić information content (AvgIpc) is 3.34. The fraction of sp³-hybridized carbons (Fsp3) is 0.882. The first kappa shape index (κ1) is 16.9. The predicted molar refractivity (Wildman–Crippen MR) is 90.4 cm³/mol. The van der Waals surface area contributed by atoms with E-state index in [9.17, 15) is 0 Å². The van der Waals surface area contributed by atoms with Crippen LogP contribution in [0.25, 0.3) is 0 Å². The third-order valence-corrected chi connectivity index (χ3v) is 5.19. The third kappa shape index (κ3) is 4.11. The molecule has 6 heteroatoms. The van der Waals surface area contributed by atoms with Crippen LogP contribution in [-0.2, 0) is 18.3 Å². The maximum absolute atomic E-state index is 5.52. The van der Waals surface area contributed by atoms with Crippen molar-refractivity contribution in [1.82, 2.24) is 24.6 Å². The van der Waals surface area contributed by atoms with Crippen molar-refractivity contribution in [2.75, 3.05) is 39.4 Å². The Labute approximate surface area is 139 Å². The van der Waals surface area contributed by atoms with E-state index in [1.165, 1.54) is 25.1 Å².